The predicted molar refractivity (Wildman–Crippen MR) is 156 cm³/mol. The highest BCUT2D eigenvalue weighted by Gasteiger charge is 2.40. The van der Waals surface area contributed by atoms with Crippen LogP contribution in [0.15, 0.2) is 36.1 Å². The van der Waals surface area contributed by atoms with E-state index < -0.39 is 0 Å². The van der Waals surface area contributed by atoms with Gasteiger partial charge < -0.3 is 15.2 Å². The molecular formula is C30H32N8S. The van der Waals surface area contributed by atoms with E-state index in [4.69, 9.17) is 15.0 Å². The Bertz CT molecular complexity index is 1730. The molecule has 3 fully saturated rings. The maximum Gasteiger partial charge on any atom is 0.163 e. The van der Waals surface area contributed by atoms with E-state index in [0.29, 0.717) is 18.0 Å². The van der Waals surface area contributed by atoms with Crippen molar-refractivity contribution in [2.75, 3.05) is 18.0 Å². The molecule has 9 heteroatoms. The van der Waals surface area contributed by atoms with Crippen molar-refractivity contribution in [1.82, 2.24) is 35.2 Å². The first kappa shape index (κ1) is 23.5. The maximum atomic E-state index is 5.36. The standard InChI is InChI=1S/C30H32N8S/c1-30(2,3)29-36-23(15-39-29)21-12-18-17(6-9-33-26(18)34-21)27-35-22-14-31-13-19(16-4-5-16)25(22)28(37-27)38-11-8-20-24(38)7-10-32-20/h6,9,12-16,20,24,32H,4-5,7-8,10-11H2,1-3H3,(H,33,34). The lowest BCUT2D eigenvalue weighted by Crippen LogP contribution is -2.35. The molecule has 1 aliphatic carbocycles. The van der Waals surface area contributed by atoms with Gasteiger partial charge in [-0.25, -0.2) is 19.9 Å². The summed E-state index contributed by atoms with van der Waals surface area (Å²) < 4.78 is 0. The Kier molecular flexibility index (Phi) is 5.13. The molecule has 8 nitrogen and oxygen atoms in total. The minimum absolute atomic E-state index is 0.0183. The molecule has 2 atom stereocenters. The highest BCUT2D eigenvalue weighted by atomic mass is 32.1. The van der Waals surface area contributed by atoms with Gasteiger partial charge in [0.15, 0.2) is 5.82 Å². The van der Waals surface area contributed by atoms with Gasteiger partial charge in [0.25, 0.3) is 0 Å². The zero-order valence-corrected chi connectivity index (χ0v) is 23.3. The molecule has 0 bridgehead atoms. The van der Waals surface area contributed by atoms with Gasteiger partial charge in [0, 0.05) is 58.2 Å². The van der Waals surface area contributed by atoms with Gasteiger partial charge in [-0.15, -0.1) is 11.3 Å². The fraction of sp³-hybridized carbons (Fsp3) is 0.433. The number of H-pyrrole nitrogens is 1. The van der Waals surface area contributed by atoms with Gasteiger partial charge in [-0.05, 0) is 55.8 Å². The Morgan fingerprint density at radius 1 is 1.05 bits per heavy atom. The molecule has 0 aromatic carbocycles. The number of pyridine rings is 2. The zero-order chi connectivity index (χ0) is 26.3. The van der Waals surface area contributed by atoms with E-state index in [2.05, 4.69) is 63.6 Å². The summed E-state index contributed by atoms with van der Waals surface area (Å²) in [5.74, 6) is 2.38. The Morgan fingerprint density at radius 2 is 1.95 bits per heavy atom. The highest BCUT2D eigenvalue weighted by molar-refractivity contribution is 7.10. The fourth-order valence-corrected chi connectivity index (χ4v) is 7.26. The molecule has 2 aliphatic heterocycles. The lowest BCUT2D eigenvalue weighted by molar-refractivity contribution is 0.586. The van der Waals surface area contributed by atoms with E-state index in [1.807, 2.05) is 18.5 Å². The lowest BCUT2D eigenvalue weighted by Gasteiger charge is -2.27. The lowest BCUT2D eigenvalue weighted by atomic mass is 9.98. The molecule has 0 radical (unpaired) electrons. The predicted octanol–water partition coefficient (Wildman–Crippen LogP) is 5.81. The van der Waals surface area contributed by atoms with Crippen LogP contribution in [-0.2, 0) is 5.41 Å². The molecule has 2 unspecified atom stereocenters. The van der Waals surface area contributed by atoms with Crippen molar-refractivity contribution in [3.63, 3.8) is 0 Å². The molecule has 7 heterocycles. The summed E-state index contributed by atoms with van der Waals surface area (Å²) in [5.41, 5.74) is 5.98. The number of hydrogen-bond acceptors (Lipinski definition) is 8. The summed E-state index contributed by atoms with van der Waals surface area (Å²) >= 11 is 1.70. The van der Waals surface area contributed by atoms with Crippen LogP contribution in [0, 0.1) is 0 Å². The number of fused-ring (bicyclic) bond motifs is 3. The molecule has 8 rings (SSSR count). The number of anilines is 1. The summed E-state index contributed by atoms with van der Waals surface area (Å²) in [7, 11) is 0. The summed E-state index contributed by atoms with van der Waals surface area (Å²) in [5, 5.41) is 9.15. The molecule has 2 saturated heterocycles. The molecule has 0 spiro atoms. The molecule has 1 saturated carbocycles. The summed E-state index contributed by atoms with van der Waals surface area (Å²) in [6.45, 7) is 8.68. The summed E-state index contributed by atoms with van der Waals surface area (Å²) in [4.78, 5) is 30.7. The second kappa shape index (κ2) is 8.53. The summed E-state index contributed by atoms with van der Waals surface area (Å²) in [6.07, 6.45) is 10.6. The number of nitrogens with one attached hydrogen (secondary N) is 2. The quantitative estimate of drug-likeness (QED) is 0.299. The maximum absolute atomic E-state index is 5.36. The molecule has 3 aliphatic rings. The number of aromatic nitrogens is 6. The zero-order valence-electron chi connectivity index (χ0n) is 22.5. The van der Waals surface area contributed by atoms with Crippen molar-refractivity contribution >= 4 is 39.1 Å². The average molecular weight is 537 g/mol. The van der Waals surface area contributed by atoms with E-state index in [9.17, 15) is 0 Å². The van der Waals surface area contributed by atoms with E-state index >= 15 is 0 Å². The van der Waals surface area contributed by atoms with Crippen LogP contribution in [0.1, 0.15) is 62.9 Å². The summed E-state index contributed by atoms with van der Waals surface area (Å²) in [6, 6.07) is 5.21. The van der Waals surface area contributed by atoms with Crippen LogP contribution in [0.4, 0.5) is 5.82 Å². The van der Waals surface area contributed by atoms with Gasteiger partial charge in [0.05, 0.1) is 28.1 Å². The van der Waals surface area contributed by atoms with Gasteiger partial charge in [-0.1, -0.05) is 20.8 Å². The Hall–Kier alpha value is -3.43. The van der Waals surface area contributed by atoms with Gasteiger partial charge in [-0.2, -0.15) is 0 Å². The van der Waals surface area contributed by atoms with Crippen molar-refractivity contribution in [3.05, 3.63) is 46.7 Å². The number of aromatic amines is 1. The molecule has 0 amide bonds. The van der Waals surface area contributed by atoms with Gasteiger partial charge in [-0.3, -0.25) is 4.98 Å². The van der Waals surface area contributed by atoms with Crippen molar-refractivity contribution in [1.29, 1.82) is 0 Å². The van der Waals surface area contributed by atoms with E-state index in [1.54, 1.807) is 11.3 Å². The van der Waals surface area contributed by atoms with E-state index in [0.717, 1.165) is 76.1 Å². The largest absolute Gasteiger partial charge is 0.351 e. The first-order valence-corrected chi connectivity index (χ1v) is 14.9. The first-order valence-electron chi connectivity index (χ1n) is 14.0. The average Bonchev–Trinajstić information content (AvgIpc) is 3.31. The molecular weight excluding hydrogens is 504 g/mol. The SMILES string of the molecule is CC(C)(C)c1nc(-c2cc3c(-c4nc(N5CCC6NCCC65)c5c(C6CC6)cncc5n4)ccnc3[nH]2)cs1. The second-order valence-corrected chi connectivity index (χ2v) is 13.1. The van der Waals surface area contributed by atoms with Crippen LogP contribution < -0.4 is 10.2 Å². The minimum atomic E-state index is 0.0183. The van der Waals surface area contributed by atoms with Gasteiger partial charge >= 0.3 is 0 Å². The monoisotopic (exact) mass is 536 g/mol. The number of rotatable bonds is 4. The second-order valence-electron chi connectivity index (χ2n) is 12.3. The van der Waals surface area contributed by atoms with Crippen molar-refractivity contribution < 1.29 is 0 Å². The number of hydrogen-bond donors (Lipinski definition) is 2. The topological polar surface area (TPSA) is 95.5 Å². The Balaban J connectivity index is 1.29. The Labute approximate surface area is 231 Å². The van der Waals surface area contributed by atoms with Crippen LogP contribution in [0.5, 0.6) is 0 Å². The van der Waals surface area contributed by atoms with E-state index in [1.165, 1.54) is 23.8 Å². The number of nitrogens with zero attached hydrogens (tertiary/aromatic N) is 6. The normalized spacial score (nSPS) is 21.4. The third-order valence-corrected chi connectivity index (χ3v) is 9.76. The highest BCUT2D eigenvalue weighted by Crippen LogP contribution is 2.46. The third-order valence-electron chi connectivity index (χ3n) is 8.49. The van der Waals surface area contributed by atoms with Gasteiger partial charge in [0.2, 0.25) is 0 Å². The van der Waals surface area contributed by atoms with Crippen molar-refractivity contribution in [3.8, 4) is 22.8 Å². The molecule has 5 aromatic rings. The molecule has 198 valence electrons. The van der Waals surface area contributed by atoms with Crippen molar-refractivity contribution in [2.45, 2.75) is 69.9 Å². The van der Waals surface area contributed by atoms with Gasteiger partial charge in [0.1, 0.15) is 11.5 Å². The molecule has 5 aromatic heterocycles. The van der Waals surface area contributed by atoms with Crippen LogP contribution in [-0.4, -0.2) is 55.1 Å². The van der Waals surface area contributed by atoms with E-state index in [-0.39, 0.29) is 5.41 Å². The van der Waals surface area contributed by atoms with Crippen LogP contribution in [0.25, 0.3) is 44.7 Å². The molecule has 39 heavy (non-hydrogen) atoms. The van der Waals surface area contributed by atoms with Crippen LogP contribution >= 0.6 is 11.3 Å². The number of thiazole rings is 1. The fourth-order valence-electron chi connectivity index (χ4n) is 6.35. The van der Waals surface area contributed by atoms with Crippen LogP contribution in [0.2, 0.25) is 0 Å². The van der Waals surface area contributed by atoms with Crippen molar-refractivity contribution in [2.24, 2.45) is 0 Å². The smallest absolute Gasteiger partial charge is 0.163 e. The molecule has 2 N–H and O–H groups in total. The minimum Gasteiger partial charge on any atom is -0.351 e. The Morgan fingerprint density at radius 3 is 2.77 bits per heavy atom. The van der Waals surface area contributed by atoms with Crippen LogP contribution in [0.3, 0.4) is 0 Å². The third kappa shape index (κ3) is 3.85. The first-order chi connectivity index (χ1) is 18.9.